The maximum atomic E-state index is 9.89. The Balaban J connectivity index is 1.82. The van der Waals surface area contributed by atoms with Crippen LogP contribution in [0.1, 0.15) is 11.1 Å². The summed E-state index contributed by atoms with van der Waals surface area (Å²) in [7, 11) is 0. The predicted molar refractivity (Wildman–Crippen MR) is 75.4 cm³/mol. The SMILES string of the molecule is O[C@H](/C=C\Cc1ccccc1)Cc1ccccc1. The van der Waals surface area contributed by atoms with Crippen LogP contribution in [0, 0.1) is 0 Å². The largest absolute Gasteiger partial charge is 0.389 e. The number of benzene rings is 2. The Labute approximate surface area is 108 Å². The topological polar surface area (TPSA) is 20.2 Å². The van der Waals surface area contributed by atoms with Gasteiger partial charge in [0, 0.05) is 6.42 Å². The quantitative estimate of drug-likeness (QED) is 0.792. The molecule has 0 saturated heterocycles. The van der Waals surface area contributed by atoms with E-state index in [-0.39, 0.29) is 0 Å². The molecule has 0 fully saturated rings. The van der Waals surface area contributed by atoms with Crippen molar-refractivity contribution in [2.45, 2.75) is 18.9 Å². The lowest BCUT2D eigenvalue weighted by molar-refractivity contribution is 0.223. The third-order valence-corrected chi connectivity index (χ3v) is 2.84. The normalized spacial score (nSPS) is 12.7. The lowest BCUT2D eigenvalue weighted by atomic mass is 10.1. The summed E-state index contributed by atoms with van der Waals surface area (Å²) in [4.78, 5) is 0. The second-order valence-electron chi connectivity index (χ2n) is 4.37. The summed E-state index contributed by atoms with van der Waals surface area (Å²) in [6.45, 7) is 0. The van der Waals surface area contributed by atoms with E-state index in [0.29, 0.717) is 6.42 Å². The summed E-state index contributed by atoms with van der Waals surface area (Å²) < 4.78 is 0. The van der Waals surface area contributed by atoms with Gasteiger partial charge < -0.3 is 5.11 Å². The van der Waals surface area contributed by atoms with E-state index in [1.165, 1.54) is 5.56 Å². The van der Waals surface area contributed by atoms with Crippen LogP contribution in [0.15, 0.2) is 72.8 Å². The van der Waals surface area contributed by atoms with Gasteiger partial charge in [-0.2, -0.15) is 0 Å². The molecule has 0 amide bonds. The first kappa shape index (κ1) is 12.6. The Morgan fingerprint density at radius 3 is 2.00 bits per heavy atom. The summed E-state index contributed by atoms with van der Waals surface area (Å²) in [6, 6.07) is 20.3. The van der Waals surface area contributed by atoms with Crippen molar-refractivity contribution in [3.63, 3.8) is 0 Å². The maximum absolute atomic E-state index is 9.89. The van der Waals surface area contributed by atoms with Crippen LogP contribution in [0.2, 0.25) is 0 Å². The molecular formula is C17H18O. The van der Waals surface area contributed by atoms with Crippen molar-refractivity contribution >= 4 is 0 Å². The van der Waals surface area contributed by atoms with E-state index in [2.05, 4.69) is 12.1 Å². The van der Waals surface area contributed by atoms with Crippen molar-refractivity contribution in [1.82, 2.24) is 0 Å². The van der Waals surface area contributed by atoms with Crippen LogP contribution in [0.3, 0.4) is 0 Å². The molecule has 18 heavy (non-hydrogen) atoms. The number of aliphatic hydroxyl groups excluding tert-OH is 1. The average Bonchev–Trinajstić information content (AvgIpc) is 2.41. The molecule has 0 aromatic heterocycles. The van der Waals surface area contributed by atoms with E-state index >= 15 is 0 Å². The molecule has 2 aromatic carbocycles. The van der Waals surface area contributed by atoms with Crippen molar-refractivity contribution in [2.75, 3.05) is 0 Å². The van der Waals surface area contributed by atoms with Gasteiger partial charge in [-0.05, 0) is 17.5 Å². The number of rotatable bonds is 5. The fourth-order valence-electron chi connectivity index (χ4n) is 1.90. The molecule has 1 N–H and O–H groups in total. The highest BCUT2D eigenvalue weighted by atomic mass is 16.3. The van der Waals surface area contributed by atoms with E-state index in [9.17, 15) is 5.11 Å². The van der Waals surface area contributed by atoms with E-state index in [1.807, 2.05) is 60.7 Å². The second-order valence-corrected chi connectivity index (χ2v) is 4.37. The molecule has 0 radical (unpaired) electrons. The highest BCUT2D eigenvalue weighted by Gasteiger charge is 2.00. The molecular weight excluding hydrogens is 220 g/mol. The van der Waals surface area contributed by atoms with Gasteiger partial charge >= 0.3 is 0 Å². The highest BCUT2D eigenvalue weighted by molar-refractivity contribution is 5.19. The summed E-state index contributed by atoms with van der Waals surface area (Å²) in [5.74, 6) is 0. The minimum absolute atomic E-state index is 0.406. The van der Waals surface area contributed by atoms with Crippen LogP contribution in [-0.2, 0) is 12.8 Å². The maximum Gasteiger partial charge on any atom is 0.0761 e. The molecule has 0 bridgehead atoms. The Kier molecular flexibility index (Phi) is 4.74. The first-order valence-corrected chi connectivity index (χ1v) is 6.27. The lowest BCUT2D eigenvalue weighted by Gasteiger charge is -2.05. The summed E-state index contributed by atoms with van der Waals surface area (Å²) in [5, 5.41) is 9.89. The van der Waals surface area contributed by atoms with Crippen molar-refractivity contribution < 1.29 is 5.11 Å². The molecule has 2 rings (SSSR count). The number of hydrogen-bond donors (Lipinski definition) is 1. The first-order valence-electron chi connectivity index (χ1n) is 6.27. The zero-order valence-electron chi connectivity index (χ0n) is 10.4. The standard InChI is InChI=1S/C17H18O/c18-17(14-16-10-5-2-6-11-16)13-7-12-15-8-3-1-4-9-15/h1-11,13,17-18H,12,14H2/b13-7-/t17-/m1/s1. The van der Waals surface area contributed by atoms with Gasteiger partial charge in [-0.1, -0.05) is 72.8 Å². The Bertz CT molecular complexity index is 473. The summed E-state index contributed by atoms with van der Waals surface area (Å²) >= 11 is 0. The van der Waals surface area contributed by atoms with E-state index in [0.717, 1.165) is 12.0 Å². The Morgan fingerprint density at radius 2 is 1.39 bits per heavy atom. The van der Waals surface area contributed by atoms with Crippen molar-refractivity contribution in [1.29, 1.82) is 0 Å². The summed E-state index contributed by atoms with van der Waals surface area (Å²) in [6.07, 6.45) is 5.04. The molecule has 0 unspecified atom stereocenters. The van der Waals surface area contributed by atoms with Gasteiger partial charge in [0.2, 0.25) is 0 Å². The number of allylic oxidation sites excluding steroid dienone is 1. The monoisotopic (exact) mass is 238 g/mol. The smallest absolute Gasteiger partial charge is 0.0761 e. The van der Waals surface area contributed by atoms with Crippen molar-refractivity contribution in [2.24, 2.45) is 0 Å². The van der Waals surface area contributed by atoms with Crippen LogP contribution in [0.5, 0.6) is 0 Å². The third kappa shape index (κ3) is 4.19. The lowest BCUT2D eigenvalue weighted by Crippen LogP contribution is -2.06. The van der Waals surface area contributed by atoms with Crippen LogP contribution >= 0.6 is 0 Å². The Morgan fingerprint density at radius 1 is 0.833 bits per heavy atom. The van der Waals surface area contributed by atoms with Gasteiger partial charge in [0.15, 0.2) is 0 Å². The molecule has 2 aromatic rings. The van der Waals surface area contributed by atoms with E-state index in [1.54, 1.807) is 0 Å². The van der Waals surface area contributed by atoms with Crippen LogP contribution in [-0.4, -0.2) is 11.2 Å². The van der Waals surface area contributed by atoms with E-state index in [4.69, 9.17) is 0 Å². The zero-order chi connectivity index (χ0) is 12.6. The molecule has 0 heterocycles. The molecule has 1 heteroatoms. The minimum Gasteiger partial charge on any atom is -0.389 e. The van der Waals surface area contributed by atoms with Gasteiger partial charge in [0.25, 0.3) is 0 Å². The molecule has 0 aliphatic heterocycles. The predicted octanol–water partition coefficient (Wildman–Crippen LogP) is 3.39. The first-order chi connectivity index (χ1) is 8.84. The number of aliphatic hydroxyl groups is 1. The molecule has 1 atom stereocenters. The zero-order valence-corrected chi connectivity index (χ0v) is 10.4. The molecule has 0 spiro atoms. The van der Waals surface area contributed by atoms with Crippen LogP contribution < -0.4 is 0 Å². The van der Waals surface area contributed by atoms with Crippen molar-refractivity contribution in [3.8, 4) is 0 Å². The summed E-state index contributed by atoms with van der Waals surface area (Å²) in [5.41, 5.74) is 2.43. The van der Waals surface area contributed by atoms with Gasteiger partial charge in [-0.25, -0.2) is 0 Å². The molecule has 0 aliphatic rings. The van der Waals surface area contributed by atoms with Crippen molar-refractivity contribution in [3.05, 3.63) is 83.9 Å². The van der Waals surface area contributed by atoms with Gasteiger partial charge in [0.1, 0.15) is 0 Å². The second kappa shape index (κ2) is 6.77. The molecule has 0 saturated carbocycles. The van der Waals surface area contributed by atoms with Crippen LogP contribution in [0.4, 0.5) is 0 Å². The molecule has 92 valence electrons. The van der Waals surface area contributed by atoms with Gasteiger partial charge in [0.05, 0.1) is 6.10 Å². The number of hydrogen-bond acceptors (Lipinski definition) is 1. The molecule has 0 aliphatic carbocycles. The van der Waals surface area contributed by atoms with Crippen LogP contribution in [0.25, 0.3) is 0 Å². The van der Waals surface area contributed by atoms with Gasteiger partial charge in [-0.15, -0.1) is 0 Å². The van der Waals surface area contributed by atoms with E-state index < -0.39 is 6.10 Å². The van der Waals surface area contributed by atoms with Gasteiger partial charge in [-0.3, -0.25) is 0 Å². The minimum atomic E-state index is -0.406. The fourth-order valence-corrected chi connectivity index (χ4v) is 1.90. The Hall–Kier alpha value is -1.86. The highest BCUT2D eigenvalue weighted by Crippen LogP contribution is 2.05. The fraction of sp³-hybridized carbons (Fsp3) is 0.176. The average molecular weight is 238 g/mol. The third-order valence-electron chi connectivity index (χ3n) is 2.84. The molecule has 1 nitrogen and oxygen atoms in total.